The summed E-state index contributed by atoms with van der Waals surface area (Å²) in [7, 11) is 0. The highest BCUT2D eigenvalue weighted by molar-refractivity contribution is 14.1. The molecule has 0 spiro atoms. The lowest BCUT2D eigenvalue weighted by Gasteiger charge is -2.18. The van der Waals surface area contributed by atoms with E-state index < -0.39 is 42.9 Å². The van der Waals surface area contributed by atoms with Crippen LogP contribution in [0.3, 0.4) is 0 Å². The van der Waals surface area contributed by atoms with Crippen LogP contribution in [0.15, 0.2) is 11.0 Å². The fraction of sp³-hybridized carbons (Fsp3) is 0.625. The molecule has 4 atom stereocenters. The van der Waals surface area contributed by atoms with Crippen LogP contribution < -0.4 is 16.3 Å². The maximum absolute atomic E-state index is 12.3. The van der Waals surface area contributed by atoms with E-state index in [2.05, 4.69) is 15.6 Å². The van der Waals surface area contributed by atoms with Crippen LogP contribution in [0.1, 0.15) is 26.0 Å². The van der Waals surface area contributed by atoms with Crippen molar-refractivity contribution in [1.82, 2.24) is 14.9 Å². The van der Waals surface area contributed by atoms with Gasteiger partial charge < -0.3 is 30.1 Å². The van der Waals surface area contributed by atoms with Crippen molar-refractivity contribution >= 4 is 40.4 Å². The van der Waals surface area contributed by atoms with Gasteiger partial charge in [-0.2, -0.15) is 4.98 Å². The van der Waals surface area contributed by atoms with E-state index in [9.17, 15) is 24.6 Å². The number of anilines is 1. The average Bonchev–Trinajstić information content (AvgIpc) is 2.98. The third-order valence-corrected chi connectivity index (χ3v) is 4.91. The molecule has 5 N–H and O–H groups in total. The molecule has 2 amide bonds. The van der Waals surface area contributed by atoms with Gasteiger partial charge in [-0.25, -0.2) is 9.59 Å². The van der Waals surface area contributed by atoms with E-state index in [1.807, 2.05) is 22.6 Å². The Morgan fingerprint density at radius 2 is 2.10 bits per heavy atom. The Balaban J connectivity index is 1.95. The first-order valence-corrected chi connectivity index (χ1v) is 9.98. The molecule has 2 heterocycles. The number of nitrogens with one attached hydrogen (secondary N) is 2. The van der Waals surface area contributed by atoms with Crippen LogP contribution in [0.4, 0.5) is 10.6 Å². The van der Waals surface area contributed by atoms with Gasteiger partial charge in [-0.3, -0.25) is 14.7 Å². The van der Waals surface area contributed by atoms with Crippen molar-refractivity contribution in [3.05, 3.63) is 20.3 Å². The lowest BCUT2D eigenvalue weighted by atomic mass is 10.1. The number of carbonyl (C=O) groups excluding carboxylic acids is 2. The molecule has 0 bridgehead atoms. The van der Waals surface area contributed by atoms with Crippen LogP contribution in [-0.2, 0) is 14.3 Å². The first-order valence-electron chi connectivity index (χ1n) is 8.90. The van der Waals surface area contributed by atoms with E-state index in [-0.39, 0.29) is 18.3 Å². The minimum absolute atomic E-state index is 0.0390. The lowest BCUT2D eigenvalue weighted by molar-refractivity contribution is -0.120. The molecule has 1 aromatic heterocycles. The molecule has 1 aliphatic heterocycles. The lowest BCUT2D eigenvalue weighted by Crippen LogP contribution is -2.36. The molecule has 13 heteroatoms. The SMILES string of the molecule is CCC(=O)NCCCOC(=O)Nc1nc(=O)n(C2O[C@H](CO)[C@@H](O)[C@H]2O)cc1I. The zero-order valence-electron chi connectivity index (χ0n) is 15.6. The highest BCUT2D eigenvalue weighted by Crippen LogP contribution is 2.28. The predicted molar refractivity (Wildman–Crippen MR) is 107 cm³/mol. The number of ether oxygens (including phenoxy) is 2. The van der Waals surface area contributed by atoms with E-state index in [4.69, 9.17) is 14.6 Å². The van der Waals surface area contributed by atoms with E-state index in [1.54, 1.807) is 6.92 Å². The van der Waals surface area contributed by atoms with Gasteiger partial charge in [0.1, 0.15) is 18.3 Å². The molecule has 1 saturated heterocycles. The van der Waals surface area contributed by atoms with Crippen molar-refractivity contribution in [2.45, 2.75) is 44.3 Å². The monoisotopic (exact) mass is 526 g/mol. The Labute approximate surface area is 179 Å². The minimum Gasteiger partial charge on any atom is -0.449 e. The molecule has 29 heavy (non-hydrogen) atoms. The Kier molecular flexibility index (Phi) is 8.76. The molecule has 1 unspecified atom stereocenters. The van der Waals surface area contributed by atoms with Crippen LogP contribution in [0.25, 0.3) is 0 Å². The quantitative estimate of drug-likeness (QED) is 0.209. The smallest absolute Gasteiger partial charge is 0.412 e. The maximum Gasteiger partial charge on any atom is 0.412 e. The Bertz CT molecular complexity index is 789. The number of halogens is 1. The Hall–Kier alpha value is -1.81. The van der Waals surface area contributed by atoms with Gasteiger partial charge in [-0.15, -0.1) is 0 Å². The largest absolute Gasteiger partial charge is 0.449 e. The molecule has 0 saturated carbocycles. The fourth-order valence-electron chi connectivity index (χ4n) is 2.55. The Morgan fingerprint density at radius 3 is 2.72 bits per heavy atom. The molecule has 0 radical (unpaired) electrons. The molecule has 12 nitrogen and oxygen atoms in total. The number of nitrogens with zero attached hydrogens (tertiary/aromatic N) is 2. The van der Waals surface area contributed by atoms with Gasteiger partial charge in [-0.05, 0) is 29.0 Å². The molecule has 0 aromatic carbocycles. The van der Waals surface area contributed by atoms with Crippen molar-refractivity contribution in [2.24, 2.45) is 0 Å². The molecule has 162 valence electrons. The van der Waals surface area contributed by atoms with E-state index in [1.165, 1.54) is 6.20 Å². The van der Waals surface area contributed by atoms with Crippen molar-refractivity contribution in [3.8, 4) is 0 Å². The number of hydrogen-bond donors (Lipinski definition) is 5. The van der Waals surface area contributed by atoms with Crippen molar-refractivity contribution in [2.75, 3.05) is 25.1 Å². The van der Waals surface area contributed by atoms with Crippen LogP contribution in [0.5, 0.6) is 0 Å². The first-order chi connectivity index (χ1) is 13.8. The number of aliphatic hydroxyl groups excluding tert-OH is 3. The number of aliphatic hydroxyl groups is 3. The summed E-state index contributed by atoms with van der Waals surface area (Å²) >= 11 is 1.82. The van der Waals surface area contributed by atoms with Crippen LogP contribution in [-0.4, -0.2) is 74.9 Å². The van der Waals surface area contributed by atoms with E-state index >= 15 is 0 Å². The third kappa shape index (κ3) is 6.08. The summed E-state index contributed by atoms with van der Waals surface area (Å²) in [4.78, 5) is 39.0. The summed E-state index contributed by atoms with van der Waals surface area (Å²) in [5.74, 6) is -0.133. The minimum atomic E-state index is -1.43. The second-order valence-corrected chi connectivity index (χ2v) is 7.34. The fourth-order valence-corrected chi connectivity index (χ4v) is 3.10. The van der Waals surface area contributed by atoms with Gasteiger partial charge >= 0.3 is 11.8 Å². The normalized spacial score (nSPS) is 23.6. The van der Waals surface area contributed by atoms with Gasteiger partial charge in [0.2, 0.25) is 5.91 Å². The first kappa shape index (κ1) is 23.5. The van der Waals surface area contributed by atoms with Gasteiger partial charge in [0.05, 0.1) is 16.8 Å². The van der Waals surface area contributed by atoms with Gasteiger partial charge in [0.15, 0.2) is 12.0 Å². The highest BCUT2D eigenvalue weighted by atomic mass is 127. The van der Waals surface area contributed by atoms with Crippen molar-refractivity contribution in [3.63, 3.8) is 0 Å². The maximum atomic E-state index is 12.3. The summed E-state index contributed by atoms with van der Waals surface area (Å²) in [6, 6.07) is 0. The molecular weight excluding hydrogens is 503 g/mol. The highest BCUT2D eigenvalue weighted by Gasteiger charge is 2.43. The van der Waals surface area contributed by atoms with Crippen LogP contribution in [0.2, 0.25) is 0 Å². The number of aromatic nitrogens is 2. The zero-order valence-corrected chi connectivity index (χ0v) is 17.7. The standard InChI is InChI=1S/C16H23IN4O8/c1-2-10(23)18-4-3-5-28-16(27)20-13-8(17)6-21(15(26)19-13)14-12(25)11(24)9(7-22)29-14/h6,9,11-12,14,22,24-25H,2-5,7H2,1H3,(H,18,23)(H,19,20,26,27)/t9-,11-,12-,14?/m1/s1. The topological polar surface area (TPSA) is 172 Å². The van der Waals surface area contributed by atoms with E-state index in [0.29, 0.717) is 23.0 Å². The van der Waals surface area contributed by atoms with Crippen LogP contribution in [0, 0.1) is 3.57 Å². The number of carbonyl (C=O) groups is 2. The third-order valence-electron chi connectivity index (χ3n) is 4.12. The van der Waals surface area contributed by atoms with Gasteiger partial charge in [0.25, 0.3) is 0 Å². The summed E-state index contributed by atoms with van der Waals surface area (Å²) in [5.41, 5.74) is -0.835. The second-order valence-electron chi connectivity index (χ2n) is 6.17. The molecule has 1 aliphatic rings. The summed E-state index contributed by atoms with van der Waals surface area (Å²) in [6.07, 6.45) is -3.77. The van der Waals surface area contributed by atoms with Crippen LogP contribution >= 0.6 is 22.6 Å². The number of hydrogen-bond acceptors (Lipinski definition) is 9. The van der Waals surface area contributed by atoms with Gasteiger partial charge in [-0.1, -0.05) is 6.92 Å². The van der Waals surface area contributed by atoms with Crippen molar-refractivity contribution < 1.29 is 34.4 Å². The second kappa shape index (κ2) is 10.8. The summed E-state index contributed by atoms with van der Waals surface area (Å²) in [5, 5.41) is 34.0. The average molecular weight is 526 g/mol. The predicted octanol–water partition coefficient (Wildman–Crippen LogP) is -1.08. The molecule has 1 fully saturated rings. The summed E-state index contributed by atoms with van der Waals surface area (Å²) in [6.45, 7) is 1.64. The van der Waals surface area contributed by atoms with Gasteiger partial charge in [0, 0.05) is 19.2 Å². The molecular formula is C16H23IN4O8. The molecule has 1 aromatic rings. The zero-order chi connectivity index (χ0) is 21.6. The molecule has 0 aliphatic carbocycles. The number of amides is 2. The Morgan fingerprint density at radius 1 is 1.38 bits per heavy atom. The van der Waals surface area contributed by atoms with Crippen molar-refractivity contribution in [1.29, 1.82) is 0 Å². The summed E-state index contributed by atoms with van der Waals surface area (Å²) < 4.78 is 11.6. The van der Waals surface area contributed by atoms with E-state index in [0.717, 1.165) is 4.57 Å². The molecule has 2 rings (SSSR count). The number of rotatable bonds is 8.